The molecule has 0 aromatic heterocycles. The predicted molar refractivity (Wildman–Crippen MR) is 84.1 cm³/mol. The van der Waals surface area contributed by atoms with Gasteiger partial charge >= 0.3 is 0 Å². The summed E-state index contributed by atoms with van der Waals surface area (Å²) in [5, 5.41) is 12.7. The average molecular weight is 336 g/mol. The molecule has 2 aromatic rings. The van der Waals surface area contributed by atoms with Crippen LogP contribution in [0.1, 0.15) is 23.1 Å². The van der Waals surface area contributed by atoms with Crippen LogP contribution in [-0.2, 0) is 4.79 Å². The normalized spacial score (nSPS) is 17.3. The lowest BCUT2D eigenvalue weighted by molar-refractivity contribution is -0.123. The minimum Gasteiger partial charge on any atom is -0.492 e. The molecule has 0 fully saturated rings. The van der Waals surface area contributed by atoms with Crippen LogP contribution in [0.15, 0.2) is 42.5 Å². The number of hydrogen-bond acceptors (Lipinski definition) is 3. The summed E-state index contributed by atoms with van der Waals surface area (Å²) in [6.07, 6.45) is -1.01. The van der Waals surface area contributed by atoms with Gasteiger partial charge in [0.05, 0.1) is 11.1 Å². The zero-order chi connectivity index (χ0) is 16.4. The molecule has 0 radical (unpaired) electrons. The molecule has 0 aliphatic carbocycles. The van der Waals surface area contributed by atoms with Gasteiger partial charge in [0.25, 0.3) is 0 Å². The van der Waals surface area contributed by atoms with Crippen molar-refractivity contribution in [3.8, 4) is 5.75 Å². The van der Waals surface area contributed by atoms with Crippen LogP contribution in [0.5, 0.6) is 5.75 Å². The first kappa shape index (κ1) is 15.8. The fraction of sp³-hybridized carbons (Fsp3) is 0.235. The second-order valence-corrected chi connectivity index (χ2v) is 5.74. The average Bonchev–Trinajstić information content (AvgIpc) is 2.99. The van der Waals surface area contributed by atoms with Gasteiger partial charge in [-0.25, -0.2) is 4.39 Å². The largest absolute Gasteiger partial charge is 0.492 e. The van der Waals surface area contributed by atoms with Gasteiger partial charge in [-0.1, -0.05) is 35.9 Å². The highest BCUT2D eigenvalue weighted by molar-refractivity contribution is 6.30. The SMILES string of the molecule is O=C(NCC(O)c1ccc(Cl)c(F)c1)C1COc2ccccc21. The summed E-state index contributed by atoms with van der Waals surface area (Å²) < 4.78 is 18.9. The minimum absolute atomic E-state index is 0.00954. The van der Waals surface area contributed by atoms with E-state index in [0.717, 1.165) is 11.6 Å². The number of ether oxygens (including phenoxy) is 1. The van der Waals surface area contributed by atoms with Crippen molar-refractivity contribution in [2.45, 2.75) is 12.0 Å². The maximum absolute atomic E-state index is 13.4. The Morgan fingerprint density at radius 1 is 1.39 bits per heavy atom. The topological polar surface area (TPSA) is 58.6 Å². The van der Waals surface area contributed by atoms with E-state index in [1.807, 2.05) is 24.3 Å². The van der Waals surface area contributed by atoms with E-state index in [4.69, 9.17) is 16.3 Å². The molecule has 2 unspecified atom stereocenters. The van der Waals surface area contributed by atoms with Gasteiger partial charge in [-0.05, 0) is 23.8 Å². The van der Waals surface area contributed by atoms with Crippen molar-refractivity contribution in [3.63, 3.8) is 0 Å². The van der Waals surface area contributed by atoms with E-state index in [9.17, 15) is 14.3 Å². The molecular formula is C17H15ClFNO3. The van der Waals surface area contributed by atoms with Crippen molar-refractivity contribution < 1.29 is 19.0 Å². The zero-order valence-electron chi connectivity index (χ0n) is 12.1. The number of benzene rings is 2. The second-order valence-electron chi connectivity index (χ2n) is 5.34. The molecule has 120 valence electrons. The maximum Gasteiger partial charge on any atom is 0.231 e. The monoisotopic (exact) mass is 335 g/mol. The molecule has 2 N–H and O–H groups in total. The molecular weight excluding hydrogens is 321 g/mol. The summed E-state index contributed by atoms with van der Waals surface area (Å²) in [6.45, 7) is 0.259. The molecule has 1 amide bonds. The van der Waals surface area contributed by atoms with Gasteiger partial charge in [0.15, 0.2) is 0 Å². The summed E-state index contributed by atoms with van der Waals surface area (Å²) in [5.41, 5.74) is 1.19. The Hall–Kier alpha value is -2.11. The van der Waals surface area contributed by atoms with E-state index in [2.05, 4.69) is 5.32 Å². The third-order valence-corrected chi connectivity index (χ3v) is 4.12. The van der Waals surface area contributed by atoms with Crippen molar-refractivity contribution in [2.24, 2.45) is 0 Å². The molecule has 0 saturated carbocycles. The van der Waals surface area contributed by atoms with Gasteiger partial charge < -0.3 is 15.2 Å². The number of hydrogen-bond donors (Lipinski definition) is 2. The number of para-hydroxylation sites is 1. The first-order valence-electron chi connectivity index (χ1n) is 7.18. The fourth-order valence-electron chi connectivity index (χ4n) is 2.54. The third kappa shape index (κ3) is 3.30. The number of fused-ring (bicyclic) bond motifs is 1. The molecule has 0 saturated heterocycles. The van der Waals surface area contributed by atoms with Crippen LogP contribution >= 0.6 is 11.6 Å². The van der Waals surface area contributed by atoms with Gasteiger partial charge in [0, 0.05) is 12.1 Å². The van der Waals surface area contributed by atoms with Gasteiger partial charge in [0.1, 0.15) is 24.1 Å². The van der Waals surface area contributed by atoms with Crippen molar-refractivity contribution in [3.05, 3.63) is 64.4 Å². The molecule has 1 aliphatic heterocycles. The van der Waals surface area contributed by atoms with Crippen LogP contribution in [0.4, 0.5) is 4.39 Å². The molecule has 3 rings (SSSR count). The number of rotatable bonds is 4. The van der Waals surface area contributed by atoms with E-state index >= 15 is 0 Å². The summed E-state index contributed by atoms with van der Waals surface area (Å²) in [7, 11) is 0. The highest BCUT2D eigenvalue weighted by atomic mass is 35.5. The Bertz CT molecular complexity index is 738. The molecule has 2 aromatic carbocycles. The van der Waals surface area contributed by atoms with Gasteiger partial charge in [-0.3, -0.25) is 4.79 Å². The third-order valence-electron chi connectivity index (χ3n) is 3.81. The molecule has 0 bridgehead atoms. The fourth-order valence-corrected chi connectivity index (χ4v) is 2.66. The standard InChI is InChI=1S/C17H15ClFNO3/c18-13-6-5-10(7-14(13)19)15(21)8-20-17(22)12-9-23-16-4-2-1-3-11(12)16/h1-7,12,15,21H,8-9H2,(H,20,22). The number of carbonyl (C=O) groups excluding carboxylic acids is 1. The smallest absolute Gasteiger partial charge is 0.231 e. The van der Waals surface area contributed by atoms with Crippen LogP contribution in [-0.4, -0.2) is 24.2 Å². The van der Waals surface area contributed by atoms with Crippen LogP contribution < -0.4 is 10.1 Å². The lowest BCUT2D eigenvalue weighted by atomic mass is 10.0. The molecule has 4 nitrogen and oxygen atoms in total. The Balaban J connectivity index is 1.62. The summed E-state index contributed by atoms with van der Waals surface area (Å²) in [5.74, 6) is -0.538. The van der Waals surface area contributed by atoms with Gasteiger partial charge in [-0.2, -0.15) is 0 Å². The van der Waals surface area contributed by atoms with Crippen LogP contribution in [0.2, 0.25) is 5.02 Å². The van der Waals surface area contributed by atoms with Crippen LogP contribution in [0, 0.1) is 5.82 Å². The summed E-state index contributed by atoms with van der Waals surface area (Å²) in [4.78, 5) is 12.3. The Morgan fingerprint density at radius 3 is 2.96 bits per heavy atom. The number of halogens is 2. The predicted octanol–water partition coefficient (Wildman–Crippen LogP) is 2.80. The first-order valence-corrected chi connectivity index (χ1v) is 7.56. The van der Waals surface area contributed by atoms with Crippen molar-refractivity contribution in [1.29, 1.82) is 0 Å². The van der Waals surface area contributed by atoms with Crippen molar-refractivity contribution in [1.82, 2.24) is 5.32 Å². The van der Waals surface area contributed by atoms with E-state index in [1.54, 1.807) is 0 Å². The molecule has 2 atom stereocenters. The molecule has 1 aliphatic rings. The molecule has 1 heterocycles. The number of aliphatic hydroxyl groups excluding tert-OH is 1. The molecule has 0 spiro atoms. The van der Waals surface area contributed by atoms with E-state index in [1.165, 1.54) is 12.1 Å². The Kier molecular flexibility index (Phi) is 4.50. The van der Waals surface area contributed by atoms with Gasteiger partial charge in [-0.15, -0.1) is 0 Å². The minimum atomic E-state index is -1.01. The highest BCUT2D eigenvalue weighted by Gasteiger charge is 2.30. The highest BCUT2D eigenvalue weighted by Crippen LogP contribution is 2.33. The van der Waals surface area contributed by atoms with Crippen LogP contribution in [0.25, 0.3) is 0 Å². The van der Waals surface area contributed by atoms with E-state index in [0.29, 0.717) is 11.3 Å². The lowest BCUT2D eigenvalue weighted by Gasteiger charge is -2.15. The van der Waals surface area contributed by atoms with E-state index in [-0.39, 0.29) is 24.1 Å². The Morgan fingerprint density at radius 2 is 2.17 bits per heavy atom. The second kappa shape index (κ2) is 6.56. The maximum atomic E-state index is 13.4. The van der Waals surface area contributed by atoms with Gasteiger partial charge in [0.2, 0.25) is 5.91 Å². The Labute approximate surface area is 137 Å². The quantitative estimate of drug-likeness (QED) is 0.903. The number of nitrogens with one attached hydrogen (secondary N) is 1. The zero-order valence-corrected chi connectivity index (χ0v) is 12.9. The number of aliphatic hydroxyl groups is 1. The molecule has 6 heteroatoms. The summed E-state index contributed by atoms with van der Waals surface area (Å²) in [6, 6.07) is 11.4. The number of amides is 1. The van der Waals surface area contributed by atoms with Crippen LogP contribution in [0.3, 0.4) is 0 Å². The van der Waals surface area contributed by atoms with Crippen molar-refractivity contribution >= 4 is 17.5 Å². The van der Waals surface area contributed by atoms with E-state index < -0.39 is 17.8 Å². The first-order chi connectivity index (χ1) is 11.1. The molecule has 23 heavy (non-hydrogen) atoms. The van der Waals surface area contributed by atoms with Crippen molar-refractivity contribution in [2.75, 3.05) is 13.2 Å². The number of carbonyl (C=O) groups is 1. The summed E-state index contributed by atoms with van der Waals surface area (Å²) >= 11 is 5.61. The lowest BCUT2D eigenvalue weighted by Crippen LogP contribution is -2.33.